The lowest BCUT2D eigenvalue weighted by Gasteiger charge is -2.23. The molecule has 1 amide bonds. The molecule has 1 unspecified atom stereocenters. The summed E-state index contributed by atoms with van der Waals surface area (Å²) >= 11 is 0. The van der Waals surface area contributed by atoms with Crippen molar-refractivity contribution in [3.63, 3.8) is 0 Å². The summed E-state index contributed by atoms with van der Waals surface area (Å²) in [5.74, 6) is 1.60. The van der Waals surface area contributed by atoms with Gasteiger partial charge >= 0.3 is 6.09 Å². The fraction of sp³-hybridized carbons (Fsp3) is 0.579. The number of carbonyl (C=O) groups is 1. The molecule has 2 rings (SSSR count). The van der Waals surface area contributed by atoms with Crippen molar-refractivity contribution in [3.05, 3.63) is 23.8 Å². The summed E-state index contributed by atoms with van der Waals surface area (Å²) in [5.41, 5.74) is 0.205. The van der Waals surface area contributed by atoms with Crippen LogP contribution in [0.3, 0.4) is 0 Å². The molecule has 1 aromatic rings. The zero-order chi connectivity index (χ0) is 20.0. The highest BCUT2D eigenvalue weighted by Gasteiger charge is 2.27. The Morgan fingerprint density at radius 1 is 1.41 bits per heavy atom. The molecule has 8 nitrogen and oxygen atoms in total. The van der Waals surface area contributed by atoms with Gasteiger partial charge in [0.05, 0.1) is 13.2 Å². The zero-order valence-electron chi connectivity index (χ0n) is 16.7. The Bertz CT molecular complexity index is 685. The van der Waals surface area contributed by atoms with Crippen molar-refractivity contribution < 1.29 is 19.4 Å². The van der Waals surface area contributed by atoms with Crippen LogP contribution < -0.4 is 15.4 Å². The van der Waals surface area contributed by atoms with E-state index in [9.17, 15) is 9.90 Å². The number of aliphatic imine (C=N–C) groups is 1. The van der Waals surface area contributed by atoms with Crippen LogP contribution in [0.25, 0.3) is 0 Å². The van der Waals surface area contributed by atoms with E-state index in [1.54, 1.807) is 32.4 Å². The third-order valence-electron chi connectivity index (χ3n) is 4.14. The number of hydrogen-bond acceptors (Lipinski definition) is 5. The van der Waals surface area contributed by atoms with Gasteiger partial charge in [-0.1, -0.05) is 0 Å². The van der Waals surface area contributed by atoms with Crippen LogP contribution in [-0.4, -0.2) is 60.9 Å². The minimum atomic E-state index is -0.515. The number of nitrogens with one attached hydrogen (secondary N) is 2. The van der Waals surface area contributed by atoms with E-state index >= 15 is 0 Å². The fourth-order valence-corrected chi connectivity index (χ4v) is 2.88. The third-order valence-corrected chi connectivity index (χ3v) is 4.14. The number of nitrogens with zero attached hydrogens (tertiary/aromatic N) is 2. The second-order valence-electron chi connectivity index (χ2n) is 7.47. The molecule has 0 spiro atoms. The van der Waals surface area contributed by atoms with Crippen LogP contribution in [0.1, 0.15) is 32.8 Å². The van der Waals surface area contributed by atoms with Crippen LogP contribution in [0, 0.1) is 0 Å². The van der Waals surface area contributed by atoms with E-state index in [-0.39, 0.29) is 11.8 Å². The lowest BCUT2D eigenvalue weighted by atomic mass is 10.2. The van der Waals surface area contributed by atoms with Gasteiger partial charge in [-0.15, -0.1) is 0 Å². The summed E-state index contributed by atoms with van der Waals surface area (Å²) in [6, 6.07) is 5.10. The summed E-state index contributed by atoms with van der Waals surface area (Å²) in [7, 11) is 3.30. The maximum atomic E-state index is 11.9. The first-order valence-electron chi connectivity index (χ1n) is 9.03. The number of benzene rings is 1. The van der Waals surface area contributed by atoms with Crippen molar-refractivity contribution in [1.29, 1.82) is 0 Å². The highest BCUT2D eigenvalue weighted by Crippen LogP contribution is 2.22. The molecule has 0 aromatic heterocycles. The molecule has 0 radical (unpaired) electrons. The lowest BCUT2D eigenvalue weighted by molar-refractivity contribution is 0.0507. The number of ether oxygens (including phenoxy) is 2. The van der Waals surface area contributed by atoms with Crippen molar-refractivity contribution in [1.82, 2.24) is 15.5 Å². The normalized spacial score (nSPS) is 17.6. The van der Waals surface area contributed by atoms with Gasteiger partial charge < -0.3 is 30.1 Å². The average Bonchev–Trinajstić information content (AvgIpc) is 3.03. The average molecular weight is 378 g/mol. The molecule has 1 atom stereocenters. The number of rotatable bonds is 4. The molecule has 0 bridgehead atoms. The van der Waals surface area contributed by atoms with Crippen molar-refractivity contribution in [2.24, 2.45) is 4.99 Å². The van der Waals surface area contributed by atoms with Gasteiger partial charge in [0.1, 0.15) is 17.1 Å². The van der Waals surface area contributed by atoms with E-state index < -0.39 is 11.7 Å². The van der Waals surface area contributed by atoms with E-state index in [2.05, 4.69) is 20.5 Å². The van der Waals surface area contributed by atoms with Crippen LogP contribution >= 0.6 is 0 Å². The van der Waals surface area contributed by atoms with E-state index in [1.165, 1.54) is 0 Å². The highest BCUT2D eigenvalue weighted by atomic mass is 16.6. The van der Waals surface area contributed by atoms with Gasteiger partial charge in [0.15, 0.2) is 5.96 Å². The van der Waals surface area contributed by atoms with Crippen molar-refractivity contribution in [2.75, 3.05) is 27.2 Å². The Morgan fingerprint density at radius 2 is 2.15 bits per heavy atom. The predicted octanol–water partition coefficient (Wildman–Crippen LogP) is 2.08. The number of amides is 1. The second-order valence-corrected chi connectivity index (χ2v) is 7.47. The zero-order valence-corrected chi connectivity index (χ0v) is 16.7. The Balaban J connectivity index is 1.89. The first-order chi connectivity index (χ1) is 12.7. The van der Waals surface area contributed by atoms with E-state index in [0.29, 0.717) is 24.8 Å². The van der Waals surface area contributed by atoms with Crippen molar-refractivity contribution in [2.45, 2.75) is 45.4 Å². The molecule has 1 fully saturated rings. The standard InChI is InChI=1S/C19H30N4O4/c1-19(2,3)27-18(25)22-14-8-9-23(12-14)17(20-4)21-11-13-10-15(26-5)6-7-16(13)24/h6-7,10,14,24H,8-9,11-12H2,1-5H3,(H,20,21)(H,22,25). The third kappa shape index (κ3) is 6.23. The van der Waals surface area contributed by atoms with Gasteiger partial charge in [0.25, 0.3) is 0 Å². The number of aromatic hydroxyl groups is 1. The quantitative estimate of drug-likeness (QED) is 0.548. The molecule has 27 heavy (non-hydrogen) atoms. The van der Waals surface area contributed by atoms with E-state index in [4.69, 9.17) is 9.47 Å². The van der Waals surface area contributed by atoms with Gasteiger partial charge in [0.2, 0.25) is 0 Å². The van der Waals surface area contributed by atoms with Crippen LogP contribution in [0.4, 0.5) is 4.79 Å². The largest absolute Gasteiger partial charge is 0.508 e. The predicted molar refractivity (Wildman–Crippen MR) is 104 cm³/mol. The number of methoxy groups -OCH3 is 1. The van der Waals surface area contributed by atoms with Crippen molar-refractivity contribution >= 4 is 12.1 Å². The molecular formula is C19H30N4O4. The van der Waals surface area contributed by atoms with Crippen LogP contribution in [-0.2, 0) is 11.3 Å². The summed E-state index contributed by atoms with van der Waals surface area (Å²) in [6.45, 7) is 7.34. The van der Waals surface area contributed by atoms with Gasteiger partial charge in [-0.05, 0) is 45.4 Å². The van der Waals surface area contributed by atoms with E-state index in [1.807, 2.05) is 20.8 Å². The number of alkyl carbamates (subject to hydrolysis) is 1. The van der Waals surface area contributed by atoms with Crippen molar-refractivity contribution in [3.8, 4) is 11.5 Å². The summed E-state index contributed by atoms with van der Waals surface area (Å²) < 4.78 is 10.5. The molecule has 0 aliphatic carbocycles. The summed E-state index contributed by atoms with van der Waals surface area (Å²) in [6.07, 6.45) is 0.406. The number of hydrogen-bond donors (Lipinski definition) is 3. The Labute approximate surface area is 160 Å². The van der Waals surface area contributed by atoms with Crippen LogP contribution in [0.5, 0.6) is 11.5 Å². The molecule has 1 heterocycles. The minimum absolute atomic E-state index is 0.00335. The maximum absolute atomic E-state index is 11.9. The fourth-order valence-electron chi connectivity index (χ4n) is 2.88. The molecule has 1 saturated heterocycles. The lowest BCUT2D eigenvalue weighted by Crippen LogP contribution is -2.44. The number of phenolic OH excluding ortho intramolecular Hbond substituents is 1. The highest BCUT2D eigenvalue weighted by molar-refractivity contribution is 5.80. The molecule has 1 aliphatic rings. The first kappa shape index (κ1) is 20.7. The molecule has 1 aromatic carbocycles. The molecule has 3 N–H and O–H groups in total. The van der Waals surface area contributed by atoms with Gasteiger partial charge in [-0.3, -0.25) is 4.99 Å². The molecule has 150 valence electrons. The Kier molecular flexibility index (Phi) is 6.76. The second kappa shape index (κ2) is 8.83. The van der Waals surface area contributed by atoms with Gasteiger partial charge in [-0.25, -0.2) is 4.79 Å². The van der Waals surface area contributed by atoms with Crippen LogP contribution in [0.15, 0.2) is 23.2 Å². The summed E-state index contributed by atoms with van der Waals surface area (Å²) in [5, 5.41) is 16.2. The summed E-state index contributed by atoms with van der Waals surface area (Å²) in [4.78, 5) is 18.3. The van der Waals surface area contributed by atoms with E-state index in [0.717, 1.165) is 18.5 Å². The maximum Gasteiger partial charge on any atom is 0.407 e. The Hall–Kier alpha value is -2.64. The smallest absolute Gasteiger partial charge is 0.407 e. The molecule has 0 saturated carbocycles. The Morgan fingerprint density at radius 3 is 2.78 bits per heavy atom. The monoisotopic (exact) mass is 378 g/mol. The van der Waals surface area contributed by atoms with Gasteiger partial charge in [0, 0.05) is 32.2 Å². The SMILES string of the molecule is CN=C(NCc1cc(OC)ccc1O)N1CCC(NC(=O)OC(C)(C)C)C1. The topological polar surface area (TPSA) is 95.4 Å². The molecule has 8 heteroatoms. The first-order valence-corrected chi connectivity index (χ1v) is 9.03. The molecule has 1 aliphatic heterocycles. The molecular weight excluding hydrogens is 348 g/mol. The minimum Gasteiger partial charge on any atom is -0.508 e. The van der Waals surface area contributed by atoms with Crippen LogP contribution in [0.2, 0.25) is 0 Å². The number of likely N-dealkylation sites (tertiary alicyclic amines) is 1. The number of guanidine groups is 1. The van der Waals surface area contributed by atoms with Gasteiger partial charge in [-0.2, -0.15) is 0 Å². The number of phenols is 1. The number of carbonyl (C=O) groups excluding carboxylic acids is 1.